The van der Waals surface area contributed by atoms with Crippen molar-refractivity contribution in [2.45, 2.75) is 6.61 Å². The van der Waals surface area contributed by atoms with Crippen LogP contribution in [0.25, 0.3) is 11.0 Å². The summed E-state index contributed by atoms with van der Waals surface area (Å²) in [5.74, 6) is 1.91. The zero-order valence-corrected chi connectivity index (χ0v) is 12.3. The van der Waals surface area contributed by atoms with E-state index in [9.17, 15) is 0 Å². The summed E-state index contributed by atoms with van der Waals surface area (Å²) in [6, 6.07) is 7.34. The number of ether oxygens (including phenoxy) is 2. The highest BCUT2D eigenvalue weighted by Crippen LogP contribution is 2.22. The Labute approximate surface area is 126 Å². The average Bonchev–Trinajstić information content (AvgIpc) is 2.87. The molecule has 2 aromatic heterocycles. The fourth-order valence-electron chi connectivity index (χ4n) is 1.93. The Bertz CT molecular complexity index is 788. The first-order valence-electron chi connectivity index (χ1n) is 6.28. The molecule has 0 bridgehead atoms. The monoisotopic (exact) mass is 304 g/mol. The van der Waals surface area contributed by atoms with E-state index in [1.54, 1.807) is 31.1 Å². The number of hydrogen-bond acceptors (Lipinski definition) is 5. The Morgan fingerprint density at radius 1 is 1.24 bits per heavy atom. The maximum Gasteiger partial charge on any atom is 0.170 e. The second-order valence-corrected chi connectivity index (χ2v) is 4.76. The molecule has 3 aromatic rings. The Morgan fingerprint density at radius 2 is 2.05 bits per heavy atom. The predicted octanol–water partition coefficient (Wildman–Crippen LogP) is 2.60. The lowest BCUT2D eigenvalue weighted by molar-refractivity contribution is 0.294. The first-order chi connectivity index (χ1) is 10.2. The normalized spacial score (nSPS) is 10.8. The van der Waals surface area contributed by atoms with E-state index < -0.39 is 0 Å². The van der Waals surface area contributed by atoms with Gasteiger partial charge in [0.05, 0.1) is 18.7 Å². The molecule has 0 spiro atoms. The van der Waals surface area contributed by atoms with Crippen LogP contribution < -0.4 is 9.47 Å². The van der Waals surface area contributed by atoms with Crippen molar-refractivity contribution < 1.29 is 9.47 Å². The summed E-state index contributed by atoms with van der Waals surface area (Å²) in [5.41, 5.74) is 0.680. The molecule has 0 aliphatic carbocycles. The minimum Gasteiger partial charge on any atom is -0.497 e. The van der Waals surface area contributed by atoms with Crippen LogP contribution in [0.4, 0.5) is 0 Å². The highest BCUT2D eigenvalue weighted by molar-refractivity contribution is 6.33. The summed E-state index contributed by atoms with van der Waals surface area (Å²) < 4.78 is 12.5. The van der Waals surface area contributed by atoms with Gasteiger partial charge in [-0.15, -0.1) is 0 Å². The van der Waals surface area contributed by atoms with Crippen molar-refractivity contribution in [3.63, 3.8) is 0 Å². The highest BCUT2D eigenvalue weighted by atomic mass is 35.5. The molecule has 0 radical (unpaired) electrons. The molecular formula is C14H13ClN4O2. The van der Waals surface area contributed by atoms with Gasteiger partial charge in [0.1, 0.15) is 23.3 Å². The second-order valence-electron chi connectivity index (χ2n) is 4.40. The van der Waals surface area contributed by atoms with Gasteiger partial charge in [-0.3, -0.25) is 4.68 Å². The van der Waals surface area contributed by atoms with Crippen molar-refractivity contribution in [3.8, 4) is 11.5 Å². The Hall–Kier alpha value is -2.34. The number of rotatable bonds is 4. The molecule has 0 unspecified atom stereocenters. The van der Waals surface area contributed by atoms with Crippen molar-refractivity contribution in [1.29, 1.82) is 0 Å². The van der Waals surface area contributed by atoms with Gasteiger partial charge in [0.15, 0.2) is 11.5 Å². The van der Waals surface area contributed by atoms with Crippen LogP contribution >= 0.6 is 11.6 Å². The van der Waals surface area contributed by atoms with E-state index >= 15 is 0 Å². The van der Waals surface area contributed by atoms with Crippen LogP contribution in [0, 0.1) is 0 Å². The van der Waals surface area contributed by atoms with E-state index in [4.69, 9.17) is 21.1 Å². The van der Waals surface area contributed by atoms with Gasteiger partial charge in [0.25, 0.3) is 0 Å². The molecule has 2 heterocycles. The summed E-state index contributed by atoms with van der Waals surface area (Å²) in [5, 5.41) is 5.21. The van der Waals surface area contributed by atoms with E-state index in [0.29, 0.717) is 22.4 Å². The third-order valence-corrected chi connectivity index (χ3v) is 3.29. The van der Waals surface area contributed by atoms with Crippen molar-refractivity contribution in [1.82, 2.24) is 19.7 Å². The smallest absolute Gasteiger partial charge is 0.170 e. The molecule has 0 aliphatic heterocycles. The molecule has 6 nitrogen and oxygen atoms in total. The second kappa shape index (κ2) is 5.57. The molecule has 3 rings (SSSR count). The lowest BCUT2D eigenvalue weighted by Crippen LogP contribution is -2.04. The highest BCUT2D eigenvalue weighted by Gasteiger charge is 2.10. The van der Waals surface area contributed by atoms with Crippen molar-refractivity contribution in [3.05, 3.63) is 41.4 Å². The van der Waals surface area contributed by atoms with Gasteiger partial charge in [-0.1, -0.05) is 17.7 Å². The molecule has 7 heteroatoms. The summed E-state index contributed by atoms with van der Waals surface area (Å²) in [4.78, 5) is 8.62. The summed E-state index contributed by atoms with van der Waals surface area (Å²) in [6.45, 7) is 0.216. The predicted molar refractivity (Wildman–Crippen MR) is 78.6 cm³/mol. The number of benzene rings is 1. The first kappa shape index (κ1) is 13.6. The van der Waals surface area contributed by atoms with Gasteiger partial charge >= 0.3 is 0 Å². The zero-order chi connectivity index (χ0) is 14.8. The molecule has 1 aromatic carbocycles. The molecule has 21 heavy (non-hydrogen) atoms. The van der Waals surface area contributed by atoms with Crippen LogP contribution in [-0.4, -0.2) is 26.9 Å². The SMILES string of the molecule is COc1cccc(OCc2nc(Cl)c3cnn(C)c3n2)c1. The van der Waals surface area contributed by atoms with Crippen LogP contribution in [0.1, 0.15) is 5.82 Å². The molecule has 0 N–H and O–H groups in total. The number of nitrogens with zero attached hydrogens (tertiary/aromatic N) is 4. The summed E-state index contributed by atoms with van der Waals surface area (Å²) in [6.07, 6.45) is 1.64. The van der Waals surface area contributed by atoms with Crippen LogP contribution in [0.3, 0.4) is 0 Å². The van der Waals surface area contributed by atoms with Gasteiger partial charge < -0.3 is 9.47 Å². The number of halogens is 1. The van der Waals surface area contributed by atoms with E-state index in [0.717, 1.165) is 11.1 Å². The van der Waals surface area contributed by atoms with Crippen LogP contribution in [0.2, 0.25) is 5.15 Å². The largest absolute Gasteiger partial charge is 0.497 e. The van der Waals surface area contributed by atoms with Gasteiger partial charge in [-0.2, -0.15) is 5.10 Å². The molecule has 108 valence electrons. The Balaban J connectivity index is 1.83. The third kappa shape index (κ3) is 2.75. The minimum absolute atomic E-state index is 0.216. The molecule has 0 saturated carbocycles. The molecule has 0 amide bonds. The van der Waals surface area contributed by atoms with Gasteiger partial charge in [0.2, 0.25) is 0 Å². The fourth-order valence-corrected chi connectivity index (χ4v) is 2.16. The van der Waals surface area contributed by atoms with E-state index in [1.165, 1.54) is 0 Å². The molecule has 0 fully saturated rings. The summed E-state index contributed by atoms with van der Waals surface area (Å²) in [7, 11) is 3.41. The lowest BCUT2D eigenvalue weighted by atomic mass is 10.3. The van der Waals surface area contributed by atoms with E-state index in [1.807, 2.05) is 18.2 Å². The average molecular weight is 305 g/mol. The third-order valence-electron chi connectivity index (χ3n) is 3.00. The van der Waals surface area contributed by atoms with Crippen LogP contribution in [0.15, 0.2) is 30.5 Å². The van der Waals surface area contributed by atoms with Crippen LogP contribution in [0.5, 0.6) is 11.5 Å². The van der Waals surface area contributed by atoms with Gasteiger partial charge in [0, 0.05) is 13.1 Å². The number of aryl methyl sites for hydroxylation is 1. The first-order valence-corrected chi connectivity index (χ1v) is 6.66. The topological polar surface area (TPSA) is 62.1 Å². The fraction of sp³-hybridized carbons (Fsp3) is 0.214. The van der Waals surface area contributed by atoms with Crippen molar-refractivity contribution in [2.75, 3.05) is 7.11 Å². The molecule has 0 saturated heterocycles. The van der Waals surface area contributed by atoms with Crippen molar-refractivity contribution >= 4 is 22.6 Å². The zero-order valence-electron chi connectivity index (χ0n) is 11.6. The van der Waals surface area contributed by atoms with E-state index in [-0.39, 0.29) is 6.61 Å². The van der Waals surface area contributed by atoms with Crippen molar-refractivity contribution in [2.24, 2.45) is 7.05 Å². The molecular weight excluding hydrogens is 292 g/mol. The maximum atomic E-state index is 6.12. The molecule has 0 aliphatic rings. The number of fused-ring (bicyclic) bond motifs is 1. The number of aromatic nitrogens is 4. The number of methoxy groups -OCH3 is 1. The molecule has 0 atom stereocenters. The minimum atomic E-state index is 0.216. The lowest BCUT2D eigenvalue weighted by Gasteiger charge is -2.07. The Morgan fingerprint density at radius 3 is 2.86 bits per heavy atom. The standard InChI is InChI=1S/C14H13ClN4O2/c1-19-14-11(7-16-19)13(15)17-12(18-14)8-21-10-5-3-4-9(6-10)20-2/h3-7H,8H2,1-2H3. The van der Waals surface area contributed by atoms with Gasteiger partial charge in [-0.05, 0) is 12.1 Å². The summed E-state index contributed by atoms with van der Waals surface area (Å²) >= 11 is 6.12. The van der Waals surface area contributed by atoms with E-state index in [2.05, 4.69) is 15.1 Å². The van der Waals surface area contributed by atoms with Crippen LogP contribution in [-0.2, 0) is 13.7 Å². The number of hydrogen-bond donors (Lipinski definition) is 0. The Kier molecular flexibility index (Phi) is 3.62. The maximum absolute atomic E-state index is 6.12. The quantitative estimate of drug-likeness (QED) is 0.693. The van der Waals surface area contributed by atoms with Gasteiger partial charge in [-0.25, -0.2) is 9.97 Å².